The summed E-state index contributed by atoms with van der Waals surface area (Å²) >= 11 is 1.69. The lowest BCUT2D eigenvalue weighted by molar-refractivity contribution is -0.137. The van der Waals surface area contributed by atoms with Crippen molar-refractivity contribution in [3.63, 3.8) is 0 Å². The highest BCUT2D eigenvalue weighted by molar-refractivity contribution is 7.09. The van der Waals surface area contributed by atoms with Gasteiger partial charge in [-0.15, -0.1) is 11.3 Å². The number of amides is 1. The summed E-state index contributed by atoms with van der Waals surface area (Å²) in [6, 6.07) is 4.31. The van der Waals surface area contributed by atoms with Crippen LogP contribution in [0.1, 0.15) is 38.5 Å². The standard InChI is InChI=1S/C14H24N2OS/c1-4-6-12(9-15)14(17)16(11(2)3)10-13-7-5-8-18-13/h5,7-8,11-12H,4,6,9-10,15H2,1-3H3. The van der Waals surface area contributed by atoms with E-state index in [4.69, 9.17) is 5.73 Å². The van der Waals surface area contributed by atoms with Crippen LogP contribution >= 0.6 is 11.3 Å². The molecule has 0 bridgehead atoms. The highest BCUT2D eigenvalue weighted by Gasteiger charge is 2.24. The van der Waals surface area contributed by atoms with E-state index in [1.54, 1.807) is 11.3 Å². The molecule has 0 aliphatic rings. The average molecular weight is 268 g/mol. The minimum absolute atomic E-state index is 0.0302. The zero-order valence-corrected chi connectivity index (χ0v) is 12.4. The minimum atomic E-state index is -0.0302. The first kappa shape index (κ1) is 15.2. The number of nitrogens with two attached hydrogens (primary N) is 1. The Kier molecular flexibility index (Phi) is 6.36. The van der Waals surface area contributed by atoms with Gasteiger partial charge in [-0.05, 0) is 31.7 Å². The van der Waals surface area contributed by atoms with Crippen LogP contribution in [0.3, 0.4) is 0 Å². The van der Waals surface area contributed by atoms with Crippen LogP contribution in [0.4, 0.5) is 0 Å². The summed E-state index contributed by atoms with van der Waals surface area (Å²) in [7, 11) is 0. The van der Waals surface area contributed by atoms with Crippen molar-refractivity contribution in [1.82, 2.24) is 4.90 Å². The topological polar surface area (TPSA) is 46.3 Å². The summed E-state index contributed by atoms with van der Waals surface area (Å²) in [4.78, 5) is 15.7. The molecule has 0 radical (unpaired) electrons. The van der Waals surface area contributed by atoms with E-state index in [-0.39, 0.29) is 17.9 Å². The van der Waals surface area contributed by atoms with E-state index in [2.05, 4.69) is 26.8 Å². The van der Waals surface area contributed by atoms with Crippen LogP contribution in [-0.2, 0) is 11.3 Å². The molecule has 0 aliphatic carbocycles. The second kappa shape index (κ2) is 7.54. The summed E-state index contributed by atoms with van der Waals surface area (Å²) in [6.45, 7) is 7.36. The van der Waals surface area contributed by atoms with Gasteiger partial charge in [-0.3, -0.25) is 4.79 Å². The maximum atomic E-state index is 12.5. The first-order valence-electron chi connectivity index (χ1n) is 6.63. The van der Waals surface area contributed by atoms with Crippen molar-refractivity contribution in [2.24, 2.45) is 11.7 Å². The normalized spacial score (nSPS) is 12.7. The Hall–Kier alpha value is -0.870. The molecule has 4 heteroatoms. The fourth-order valence-electron chi connectivity index (χ4n) is 2.01. The Morgan fingerprint density at radius 1 is 1.50 bits per heavy atom. The average Bonchev–Trinajstić information content (AvgIpc) is 2.84. The molecule has 1 rings (SSSR count). The Morgan fingerprint density at radius 3 is 2.67 bits per heavy atom. The Balaban J connectivity index is 2.74. The third kappa shape index (κ3) is 4.10. The maximum absolute atomic E-state index is 12.5. The van der Waals surface area contributed by atoms with E-state index >= 15 is 0 Å². The van der Waals surface area contributed by atoms with Crippen molar-refractivity contribution >= 4 is 17.2 Å². The molecule has 3 nitrogen and oxygen atoms in total. The summed E-state index contributed by atoms with van der Waals surface area (Å²) in [5, 5.41) is 2.05. The predicted molar refractivity (Wildman–Crippen MR) is 77.5 cm³/mol. The van der Waals surface area contributed by atoms with Crippen molar-refractivity contribution < 1.29 is 4.79 Å². The van der Waals surface area contributed by atoms with Crippen molar-refractivity contribution in [2.75, 3.05) is 6.54 Å². The summed E-state index contributed by atoms with van der Waals surface area (Å²) in [5.41, 5.74) is 5.73. The summed E-state index contributed by atoms with van der Waals surface area (Å²) < 4.78 is 0. The molecule has 1 atom stereocenters. The van der Waals surface area contributed by atoms with E-state index in [0.717, 1.165) is 12.8 Å². The summed E-state index contributed by atoms with van der Waals surface area (Å²) in [6.07, 6.45) is 1.88. The van der Waals surface area contributed by atoms with E-state index in [1.165, 1.54) is 4.88 Å². The molecule has 1 heterocycles. The van der Waals surface area contributed by atoms with Crippen molar-refractivity contribution in [2.45, 2.75) is 46.2 Å². The predicted octanol–water partition coefficient (Wildman–Crippen LogP) is 2.86. The van der Waals surface area contributed by atoms with Gasteiger partial charge in [-0.2, -0.15) is 0 Å². The lowest BCUT2D eigenvalue weighted by Crippen LogP contribution is -2.42. The molecule has 0 saturated heterocycles. The molecule has 0 aliphatic heterocycles. The largest absolute Gasteiger partial charge is 0.335 e. The van der Waals surface area contributed by atoms with E-state index in [9.17, 15) is 4.79 Å². The second-order valence-electron chi connectivity index (χ2n) is 4.86. The van der Waals surface area contributed by atoms with Gasteiger partial charge in [0.2, 0.25) is 5.91 Å². The lowest BCUT2D eigenvalue weighted by Gasteiger charge is -2.30. The number of nitrogens with zero attached hydrogens (tertiary/aromatic N) is 1. The molecule has 0 saturated carbocycles. The third-order valence-corrected chi connectivity index (χ3v) is 3.94. The molecule has 0 fully saturated rings. The molecule has 1 aromatic rings. The number of carbonyl (C=O) groups is 1. The quantitative estimate of drug-likeness (QED) is 0.826. The Bertz CT molecular complexity index is 349. The van der Waals surface area contributed by atoms with Crippen LogP contribution in [-0.4, -0.2) is 23.4 Å². The van der Waals surface area contributed by atoms with Gasteiger partial charge in [0, 0.05) is 17.5 Å². The molecule has 102 valence electrons. The molecule has 1 aromatic heterocycles. The van der Waals surface area contributed by atoms with Crippen LogP contribution in [0.25, 0.3) is 0 Å². The number of rotatable bonds is 7. The van der Waals surface area contributed by atoms with Gasteiger partial charge in [0.15, 0.2) is 0 Å². The SMILES string of the molecule is CCCC(CN)C(=O)N(Cc1cccs1)C(C)C. The van der Waals surface area contributed by atoms with Crippen molar-refractivity contribution in [3.8, 4) is 0 Å². The molecular weight excluding hydrogens is 244 g/mol. The van der Waals surface area contributed by atoms with Gasteiger partial charge in [0.25, 0.3) is 0 Å². The fraction of sp³-hybridized carbons (Fsp3) is 0.643. The van der Waals surface area contributed by atoms with Crippen LogP contribution in [0.15, 0.2) is 17.5 Å². The van der Waals surface area contributed by atoms with Gasteiger partial charge < -0.3 is 10.6 Å². The van der Waals surface area contributed by atoms with Gasteiger partial charge in [0.1, 0.15) is 0 Å². The minimum Gasteiger partial charge on any atom is -0.335 e. The maximum Gasteiger partial charge on any atom is 0.227 e. The summed E-state index contributed by atoms with van der Waals surface area (Å²) in [5.74, 6) is 0.167. The van der Waals surface area contributed by atoms with Crippen molar-refractivity contribution in [3.05, 3.63) is 22.4 Å². The fourth-order valence-corrected chi connectivity index (χ4v) is 2.71. The number of thiophene rings is 1. The second-order valence-corrected chi connectivity index (χ2v) is 5.89. The highest BCUT2D eigenvalue weighted by atomic mass is 32.1. The third-order valence-electron chi connectivity index (χ3n) is 3.08. The smallest absolute Gasteiger partial charge is 0.227 e. The zero-order valence-electron chi connectivity index (χ0n) is 11.6. The van der Waals surface area contributed by atoms with Crippen LogP contribution in [0.2, 0.25) is 0 Å². The van der Waals surface area contributed by atoms with E-state index in [0.29, 0.717) is 13.1 Å². The van der Waals surface area contributed by atoms with Crippen LogP contribution in [0.5, 0.6) is 0 Å². The molecule has 18 heavy (non-hydrogen) atoms. The van der Waals surface area contributed by atoms with Gasteiger partial charge >= 0.3 is 0 Å². The monoisotopic (exact) mass is 268 g/mol. The van der Waals surface area contributed by atoms with Gasteiger partial charge in [-0.1, -0.05) is 19.4 Å². The highest BCUT2D eigenvalue weighted by Crippen LogP contribution is 2.18. The Morgan fingerprint density at radius 2 is 2.22 bits per heavy atom. The number of carbonyl (C=O) groups excluding carboxylic acids is 1. The molecule has 0 spiro atoms. The van der Waals surface area contributed by atoms with Crippen LogP contribution < -0.4 is 5.73 Å². The molecular formula is C14H24N2OS. The van der Waals surface area contributed by atoms with E-state index < -0.39 is 0 Å². The zero-order chi connectivity index (χ0) is 13.5. The first-order chi connectivity index (χ1) is 8.60. The van der Waals surface area contributed by atoms with E-state index in [1.807, 2.05) is 16.3 Å². The van der Waals surface area contributed by atoms with Crippen LogP contribution in [0, 0.1) is 5.92 Å². The lowest BCUT2D eigenvalue weighted by atomic mass is 10.0. The van der Waals surface area contributed by atoms with Gasteiger partial charge in [0.05, 0.1) is 12.5 Å². The molecule has 2 N–H and O–H groups in total. The Labute approximate surface area is 114 Å². The van der Waals surface area contributed by atoms with Crippen molar-refractivity contribution in [1.29, 1.82) is 0 Å². The molecule has 1 amide bonds. The number of hydrogen-bond acceptors (Lipinski definition) is 3. The van der Waals surface area contributed by atoms with Gasteiger partial charge in [-0.25, -0.2) is 0 Å². The molecule has 0 aromatic carbocycles. The molecule has 1 unspecified atom stereocenters. The first-order valence-corrected chi connectivity index (χ1v) is 7.51. The number of hydrogen-bond donors (Lipinski definition) is 1.